The van der Waals surface area contributed by atoms with E-state index in [4.69, 9.17) is 5.73 Å². The van der Waals surface area contributed by atoms with E-state index in [0.29, 0.717) is 19.5 Å². The van der Waals surface area contributed by atoms with Crippen molar-refractivity contribution in [2.45, 2.75) is 25.9 Å². The second-order valence-corrected chi connectivity index (χ2v) is 4.99. The number of rotatable bonds is 9. The molecule has 0 aromatic heterocycles. The van der Waals surface area contributed by atoms with Crippen molar-refractivity contribution in [3.05, 3.63) is 29.8 Å². The number of halogens is 3. The Morgan fingerprint density at radius 3 is 2.29 bits per heavy atom. The summed E-state index contributed by atoms with van der Waals surface area (Å²) in [7, 11) is 0. The lowest BCUT2D eigenvalue weighted by Crippen LogP contribution is -2.28. The van der Waals surface area contributed by atoms with Crippen LogP contribution in [0, 0.1) is 6.92 Å². The number of ether oxygens (including phenoxy) is 1. The highest BCUT2D eigenvalue weighted by atomic mass is 19.4. The Morgan fingerprint density at radius 2 is 1.71 bits per heavy atom. The summed E-state index contributed by atoms with van der Waals surface area (Å²) in [5.74, 6) is 0. The fourth-order valence-electron chi connectivity index (χ4n) is 1.95. The fraction of sp³-hybridized carbons (Fsp3) is 0.600. The predicted molar refractivity (Wildman–Crippen MR) is 78.6 cm³/mol. The van der Waals surface area contributed by atoms with Gasteiger partial charge in [0.05, 0.1) is 0 Å². The fourth-order valence-corrected chi connectivity index (χ4v) is 1.95. The molecule has 0 heterocycles. The molecule has 0 fully saturated rings. The predicted octanol–water partition coefficient (Wildman–Crippen LogP) is 3.12. The number of nitrogens with two attached hydrogens (primary N) is 1. The van der Waals surface area contributed by atoms with Crippen LogP contribution in [0.3, 0.4) is 0 Å². The zero-order valence-electron chi connectivity index (χ0n) is 12.3. The first kappa shape index (κ1) is 17.8. The SMILES string of the molecule is Cc1ccc(N(CCCN)CCCOCC(F)(F)F)cc1. The molecule has 0 aliphatic rings. The second-order valence-electron chi connectivity index (χ2n) is 4.99. The highest BCUT2D eigenvalue weighted by molar-refractivity contribution is 5.47. The Hall–Kier alpha value is -1.27. The highest BCUT2D eigenvalue weighted by Crippen LogP contribution is 2.17. The van der Waals surface area contributed by atoms with Gasteiger partial charge in [0.2, 0.25) is 0 Å². The van der Waals surface area contributed by atoms with Crippen molar-refractivity contribution in [2.24, 2.45) is 5.73 Å². The van der Waals surface area contributed by atoms with Crippen molar-refractivity contribution in [3.8, 4) is 0 Å². The third-order valence-electron chi connectivity index (χ3n) is 3.01. The zero-order valence-corrected chi connectivity index (χ0v) is 12.3. The third kappa shape index (κ3) is 7.92. The molecule has 1 rings (SSSR count). The molecule has 0 spiro atoms. The van der Waals surface area contributed by atoms with Crippen molar-refractivity contribution in [1.82, 2.24) is 0 Å². The Morgan fingerprint density at radius 1 is 1.10 bits per heavy atom. The molecular weight excluding hydrogens is 281 g/mol. The van der Waals surface area contributed by atoms with Crippen LogP contribution in [-0.4, -0.2) is 39.0 Å². The molecule has 1 aromatic carbocycles. The van der Waals surface area contributed by atoms with Crippen LogP contribution in [0.15, 0.2) is 24.3 Å². The smallest absolute Gasteiger partial charge is 0.372 e. The van der Waals surface area contributed by atoms with Crippen LogP contribution < -0.4 is 10.6 Å². The van der Waals surface area contributed by atoms with Crippen LogP contribution in [0.4, 0.5) is 18.9 Å². The number of alkyl halides is 3. The van der Waals surface area contributed by atoms with Crippen LogP contribution >= 0.6 is 0 Å². The van der Waals surface area contributed by atoms with Crippen molar-refractivity contribution in [1.29, 1.82) is 0 Å². The summed E-state index contributed by atoms with van der Waals surface area (Å²) < 4.78 is 40.5. The molecule has 0 unspecified atom stereocenters. The maximum absolute atomic E-state index is 12.0. The van der Waals surface area contributed by atoms with E-state index in [1.807, 2.05) is 31.2 Å². The molecule has 0 radical (unpaired) electrons. The summed E-state index contributed by atoms with van der Waals surface area (Å²) in [4.78, 5) is 2.13. The number of nitrogens with zero attached hydrogens (tertiary/aromatic N) is 1. The van der Waals surface area contributed by atoms with E-state index < -0.39 is 12.8 Å². The van der Waals surface area contributed by atoms with Crippen molar-refractivity contribution in [2.75, 3.05) is 37.7 Å². The summed E-state index contributed by atoms with van der Waals surface area (Å²) in [6, 6.07) is 8.07. The van der Waals surface area contributed by atoms with Gasteiger partial charge in [-0.15, -0.1) is 0 Å². The van der Waals surface area contributed by atoms with E-state index in [1.165, 1.54) is 5.56 Å². The Kier molecular flexibility index (Phi) is 7.53. The van der Waals surface area contributed by atoms with Crippen LogP contribution in [0.25, 0.3) is 0 Å². The molecule has 0 amide bonds. The van der Waals surface area contributed by atoms with Gasteiger partial charge in [-0.1, -0.05) is 17.7 Å². The molecule has 21 heavy (non-hydrogen) atoms. The largest absolute Gasteiger partial charge is 0.411 e. The molecule has 0 aliphatic heterocycles. The van der Waals surface area contributed by atoms with Gasteiger partial charge in [-0.05, 0) is 38.4 Å². The van der Waals surface area contributed by atoms with E-state index >= 15 is 0 Å². The number of benzene rings is 1. The minimum Gasteiger partial charge on any atom is -0.372 e. The summed E-state index contributed by atoms with van der Waals surface area (Å²) >= 11 is 0. The van der Waals surface area contributed by atoms with Gasteiger partial charge in [0.1, 0.15) is 6.61 Å². The molecule has 1 aromatic rings. The Balaban J connectivity index is 2.41. The van der Waals surface area contributed by atoms with Gasteiger partial charge in [0, 0.05) is 25.4 Å². The molecule has 0 saturated carbocycles. The maximum Gasteiger partial charge on any atom is 0.411 e. The van der Waals surface area contributed by atoms with Crippen LogP contribution in [-0.2, 0) is 4.74 Å². The minimum absolute atomic E-state index is 0.102. The zero-order chi connectivity index (χ0) is 15.7. The normalized spacial score (nSPS) is 11.7. The molecule has 120 valence electrons. The summed E-state index contributed by atoms with van der Waals surface area (Å²) in [6.07, 6.45) is -2.86. The van der Waals surface area contributed by atoms with Gasteiger partial charge >= 0.3 is 6.18 Å². The number of aryl methyl sites for hydroxylation is 1. The standard InChI is InChI=1S/C15H23F3N2O/c1-13-4-6-14(7-5-13)20(9-2-8-19)10-3-11-21-12-15(16,17)18/h4-7H,2-3,8-12,19H2,1H3. The lowest BCUT2D eigenvalue weighted by atomic mass is 10.2. The second kappa shape index (κ2) is 8.89. The topological polar surface area (TPSA) is 38.5 Å². The van der Waals surface area contributed by atoms with Crippen LogP contribution in [0.2, 0.25) is 0 Å². The van der Waals surface area contributed by atoms with Gasteiger partial charge in [-0.25, -0.2) is 0 Å². The molecule has 0 bridgehead atoms. The van der Waals surface area contributed by atoms with Gasteiger partial charge in [-0.3, -0.25) is 0 Å². The first-order chi connectivity index (χ1) is 9.92. The molecule has 6 heteroatoms. The average molecular weight is 304 g/mol. The van der Waals surface area contributed by atoms with E-state index in [2.05, 4.69) is 9.64 Å². The lowest BCUT2D eigenvalue weighted by molar-refractivity contribution is -0.173. The first-order valence-electron chi connectivity index (χ1n) is 7.08. The molecule has 3 nitrogen and oxygen atoms in total. The van der Waals surface area contributed by atoms with E-state index in [1.54, 1.807) is 0 Å². The third-order valence-corrected chi connectivity index (χ3v) is 3.01. The quantitative estimate of drug-likeness (QED) is 0.712. The molecule has 0 aliphatic carbocycles. The van der Waals surface area contributed by atoms with Crippen LogP contribution in [0.5, 0.6) is 0 Å². The van der Waals surface area contributed by atoms with Crippen molar-refractivity contribution in [3.63, 3.8) is 0 Å². The molecular formula is C15H23F3N2O. The Labute approximate surface area is 123 Å². The Bertz CT molecular complexity index is 393. The van der Waals surface area contributed by atoms with Crippen molar-refractivity contribution < 1.29 is 17.9 Å². The van der Waals surface area contributed by atoms with E-state index in [0.717, 1.165) is 18.7 Å². The summed E-state index contributed by atoms with van der Waals surface area (Å²) in [5.41, 5.74) is 7.76. The monoisotopic (exact) mass is 304 g/mol. The first-order valence-corrected chi connectivity index (χ1v) is 7.08. The summed E-state index contributed by atoms with van der Waals surface area (Å²) in [5, 5.41) is 0. The highest BCUT2D eigenvalue weighted by Gasteiger charge is 2.27. The lowest BCUT2D eigenvalue weighted by Gasteiger charge is -2.25. The molecule has 0 atom stereocenters. The number of hydrogen-bond acceptors (Lipinski definition) is 3. The van der Waals surface area contributed by atoms with Gasteiger partial charge in [0.15, 0.2) is 0 Å². The minimum atomic E-state index is -4.25. The summed E-state index contributed by atoms with van der Waals surface area (Å²) in [6.45, 7) is 2.97. The maximum atomic E-state index is 12.0. The molecule has 0 saturated heterocycles. The van der Waals surface area contributed by atoms with Gasteiger partial charge < -0.3 is 15.4 Å². The van der Waals surface area contributed by atoms with Crippen molar-refractivity contribution >= 4 is 5.69 Å². The van der Waals surface area contributed by atoms with Gasteiger partial charge in [0.25, 0.3) is 0 Å². The van der Waals surface area contributed by atoms with Gasteiger partial charge in [-0.2, -0.15) is 13.2 Å². The average Bonchev–Trinajstić information content (AvgIpc) is 2.42. The number of anilines is 1. The van der Waals surface area contributed by atoms with Crippen LogP contribution in [0.1, 0.15) is 18.4 Å². The number of hydrogen-bond donors (Lipinski definition) is 1. The molecule has 2 N–H and O–H groups in total. The van der Waals surface area contributed by atoms with E-state index in [9.17, 15) is 13.2 Å². The van der Waals surface area contributed by atoms with E-state index in [-0.39, 0.29) is 6.61 Å².